The van der Waals surface area contributed by atoms with Gasteiger partial charge in [0, 0.05) is 16.1 Å². The minimum Gasteiger partial charge on any atom is -0.390 e. The van der Waals surface area contributed by atoms with Crippen molar-refractivity contribution in [1.82, 2.24) is 4.90 Å². The quantitative estimate of drug-likeness (QED) is 0.737. The number of nitrogens with two attached hydrogens (primary N) is 1. The summed E-state index contributed by atoms with van der Waals surface area (Å²) in [5.41, 5.74) is 7.48. The predicted octanol–water partition coefficient (Wildman–Crippen LogP) is 4.26. The molecule has 0 spiro atoms. The lowest BCUT2D eigenvalue weighted by Crippen LogP contribution is -2.61. The summed E-state index contributed by atoms with van der Waals surface area (Å²) < 4.78 is 0. The number of rotatable bonds is 4. The number of nitrogens with zero attached hydrogens (tertiary/aromatic N) is 2. The monoisotopic (exact) mass is 445 g/mol. The first-order valence-electron chi connectivity index (χ1n) is 10.0. The van der Waals surface area contributed by atoms with Crippen LogP contribution in [-0.4, -0.2) is 33.5 Å². The van der Waals surface area contributed by atoms with E-state index in [1.165, 1.54) is 4.90 Å². The number of guanidine groups is 1. The smallest absolute Gasteiger partial charge is 0.232 e. The van der Waals surface area contributed by atoms with Crippen molar-refractivity contribution in [3.63, 3.8) is 0 Å². The lowest BCUT2D eigenvalue weighted by molar-refractivity contribution is -0.138. The molecule has 5 nitrogen and oxygen atoms in total. The molecule has 3 N–H and O–H groups in total. The fraction of sp³-hybridized carbons (Fsp3) is 0.391. The summed E-state index contributed by atoms with van der Waals surface area (Å²) in [5.74, 6) is 0.0955. The average Bonchev–Trinajstić information content (AvgIpc) is 2.63. The third-order valence-corrected chi connectivity index (χ3v) is 6.75. The van der Waals surface area contributed by atoms with Gasteiger partial charge in [0.1, 0.15) is 0 Å². The van der Waals surface area contributed by atoms with Crippen LogP contribution in [0.5, 0.6) is 0 Å². The molecule has 7 heteroatoms. The molecule has 1 fully saturated rings. The summed E-state index contributed by atoms with van der Waals surface area (Å²) in [7, 11) is 0. The summed E-state index contributed by atoms with van der Waals surface area (Å²) in [6, 6.07) is 13.4. The van der Waals surface area contributed by atoms with Crippen molar-refractivity contribution in [2.75, 3.05) is 0 Å². The Bertz CT molecular complexity index is 1010. The molecule has 4 rings (SSSR count). The molecular weight excluding hydrogens is 421 g/mol. The van der Waals surface area contributed by atoms with E-state index in [1.807, 2.05) is 49.4 Å². The van der Waals surface area contributed by atoms with E-state index >= 15 is 0 Å². The Hall–Kier alpha value is -2.08. The Morgan fingerprint density at radius 1 is 1.17 bits per heavy atom. The first-order chi connectivity index (χ1) is 14.1. The predicted molar refractivity (Wildman–Crippen MR) is 120 cm³/mol. The topological polar surface area (TPSA) is 78.9 Å². The first-order valence-corrected chi connectivity index (χ1v) is 10.8. The van der Waals surface area contributed by atoms with Gasteiger partial charge in [-0.25, -0.2) is 4.99 Å². The summed E-state index contributed by atoms with van der Waals surface area (Å²) in [5, 5.41) is 11.3. The lowest BCUT2D eigenvalue weighted by atomic mass is 9.75. The molecule has 0 unspecified atom stereocenters. The molecule has 1 heterocycles. The van der Waals surface area contributed by atoms with Gasteiger partial charge in [0.2, 0.25) is 5.91 Å². The number of aliphatic hydroxyl groups is 1. The van der Waals surface area contributed by atoms with Crippen molar-refractivity contribution in [3.8, 4) is 0 Å². The van der Waals surface area contributed by atoms with E-state index in [-0.39, 0.29) is 24.3 Å². The van der Waals surface area contributed by atoms with Gasteiger partial charge in [0.25, 0.3) is 0 Å². The third-order valence-electron chi connectivity index (χ3n) is 6.05. The summed E-state index contributed by atoms with van der Waals surface area (Å²) in [6.45, 7) is 3.65. The molecule has 1 atom stereocenters. The number of aliphatic imine (C=N–C) groups is 1. The van der Waals surface area contributed by atoms with E-state index in [4.69, 9.17) is 33.9 Å². The second-order valence-corrected chi connectivity index (χ2v) is 9.64. The zero-order valence-electron chi connectivity index (χ0n) is 17.0. The molecule has 30 heavy (non-hydrogen) atoms. The van der Waals surface area contributed by atoms with E-state index in [2.05, 4.69) is 0 Å². The Morgan fingerprint density at radius 3 is 2.43 bits per heavy atom. The largest absolute Gasteiger partial charge is 0.390 e. The SMILES string of the molecule is CC1(O)CC(N2C(=O)C[C@@](C)(c3cccc(Cc4ccc(Cl)cc4)c3Cl)N=C2N)C1. The molecular formula is C23H25Cl2N3O2. The highest BCUT2D eigenvalue weighted by molar-refractivity contribution is 6.32. The number of hydrogen-bond donors (Lipinski definition) is 2. The van der Waals surface area contributed by atoms with Crippen LogP contribution in [0.15, 0.2) is 47.5 Å². The summed E-state index contributed by atoms with van der Waals surface area (Å²) in [6.07, 6.45) is 1.83. The summed E-state index contributed by atoms with van der Waals surface area (Å²) >= 11 is 12.8. The van der Waals surface area contributed by atoms with Crippen LogP contribution in [0.25, 0.3) is 0 Å². The number of hydrogen-bond acceptors (Lipinski definition) is 4. The van der Waals surface area contributed by atoms with Crippen LogP contribution in [-0.2, 0) is 16.8 Å². The summed E-state index contributed by atoms with van der Waals surface area (Å²) in [4.78, 5) is 19.2. The number of carbonyl (C=O) groups is 1. The number of carbonyl (C=O) groups excluding carboxylic acids is 1. The highest BCUT2D eigenvalue weighted by atomic mass is 35.5. The van der Waals surface area contributed by atoms with Crippen molar-refractivity contribution in [2.45, 2.75) is 56.7 Å². The minimum absolute atomic E-state index is 0.0929. The Labute approximate surface area is 186 Å². The Morgan fingerprint density at radius 2 is 1.83 bits per heavy atom. The molecule has 1 saturated carbocycles. The number of halogens is 2. The molecule has 0 bridgehead atoms. The van der Waals surface area contributed by atoms with Crippen molar-refractivity contribution in [2.24, 2.45) is 10.7 Å². The van der Waals surface area contributed by atoms with Gasteiger partial charge >= 0.3 is 0 Å². The van der Waals surface area contributed by atoms with E-state index in [0.717, 1.165) is 16.7 Å². The van der Waals surface area contributed by atoms with Gasteiger partial charge in [0.15, 0.2) is 5.96 Å². The maximum atomic E-state index is 13.0. The number of benzene rings is 2. The maximum absolute atomic E-state index is 13.0. The molecule has 0 aromatic heterocycles. The normalized spacial score (nSPS) is 28.8. The maximum Gasteiger partial charge on any atom is 0.232 e. The van der Waals surface area contributed by atoms with Crippen LogP contribution in [0.2, 0.25) is 10.0 Å². The zero-order valence-corrected chi connectivity index (χ0v) is 18.5. The van der Waals surface area contributed by atoms with Crippen LogP contribution in [0.4, 0.5) is 0 Å². The molecule has 0 saturated heterocycles. The molecule has 2 aromatic carbocycles. The molecule has 2 aliphatic rings. The molecule has 1 amide bonds. The van der Waals surface area contributed by atoms with Gasteiger partial charge < -0.3 is 10.8 Å². The molecule has 1 aliphatic heterocycles. The van der Waals surface area contributed by atoms with E-state index in [1.54, 1.807) is 6.92 Å². The molecule has 1 aliphatic carbocycles. The molecule has 0 radical (unpaired) electrons. The van der Waals surface area contributed by atoms with E-state index < -0.39 is 11.1 Å². The van der Waals surface area contributed by atoms with Crippen LogP contribution in [0.3, 0.4) is 0 Å². The van der Waals surface area contributed by atoms with Crippen LogP contribution < -0.4 is 5.73 Å². The van der Waals surface area contributed by atoms with Crippen molar-refractivity contribution >= 4 is 35.1 Å². The first kappa shape index (κ1) is 21.2. The molecule has 158 valence electrons. The number of amides is 1. The van der Waals surface area contributed by atoms with Crippen molar-refractivity contribution < 1.29 is 9.90 Å². The van der Waals surface area contributed by atoms with Crippen molar-refractivity contribution in [1.29, 1.82) is 0 Å². The second kappa shape index (κ2) is 7.56. The zero-order chi connectivity index (χ0) is 21.7. The van der Waals surface area contributed by atoms with Gasteiger partial charge in [0.05, 0.1) is 17.6 Å². The highest BCUT2D eigenvalue weighted by Gasteiger charge is 2.48. The van der Waals surface area contributed by atoms with Crippen LogP contribution in [0.1, 0.15) is 49.8 Å². The third kappa shape index (κ3) is 3.94. The van der Waals surface area contributed by atoms with Gasteiger partial charge in [-0.3, -0.25) is 9.69 Å². The molecule has 2 aromatic rings. The van der Waals surface area contributed by atoms with Crippen LogP contribution >= 0.6 is 23.2 Å². The van der Waals surface area contributed by atoms with Gasteiger partial charge in [-0.2, -0.15) is 0 Å². The minimum atomic E-state index is -0.836. The average molecular weight is 446 g/mol. The van der Waals surface area contributed by atoms with Gasteiger partial charge in [-0.15, -0.1) is 0 Å². The Balaban J connectivity index is 1.62. The van der Waals surface area contributed by atoms with Gasteiger partial charge in [-0.05, 0) is 61.9 Å². The standard InChI is InChI=1S/C23H25Cl2N3O2/c1-22(30)11-17(12-22)28-19(29)13-23(2,27-21(28)26)18-5-3-4-15(20(18)25)10-14-6-8-16(24)9-7-14/h3-9,17,30H,10-13H2,1-2H3,(H2,26,27)/t17?,22?,23-/m0/s1. The van der Waals surface area contributed by atoms with Crippen molar-refractivity contribution in [3.05, 3.63) is 69.2 Å². The fourth-order valence-corrected chi connectivity index (χ4v) is 5.01. The highest BCUT2D eigenvalue weighted by Crippen LogP contribution is 2.42. The van der Waals surface area contributed by atoms with Gasteiger partial charge in [-0.1, -0.05) is 53.5 Å². The lowest BCUT2D eigenvalue weighted by Gasteiger charge is -2.48. The Kier molecular flexibility index (Phi) is 5.33. The second-order valence-electron chi connectivity index (χ2n) is 8.83. The van der Waals surface area contributed by atoms with E-state index in [9.17, 15) is 9.90 Å². The fourth-order valence-electron chi connectivity index (χ4n) is 4.49. The van der Waals surface area contributed by atoms with E-state index in [0.29, 0.717) is 29.3 Å². The van der Waals surface area contributed by atoms with Crippen LogP contribution in [0, 0.1) is 0 Å².